The quantitative estimate of drug-likeness (QED) is 0.505. The molecular formula is C20H21ClN6. The molecule has 0 aliphatic carbocycles. The number of nitrogens with one attached hydrogen (secondary N) is 2. The summed E-state index contributed by atoms with van der Waals surface area (Å²) in [4.78, 5) is 15.7. The first kappa shape index (κ1) is 17.7. The Labute approximate surface area is 163 Å². The molecule has 0 bridgehead atoms. The normalized spacial score (nSPS) is 12.9. The first-order valence-electron chi connectivity index (χ1n) is 8.94. The number of nitrogens with zero attached hydrogens (tertiary/aromatic N) is 4. The minimum absolute atomic E-state index is 0.458. The van der Waals surface area contributed by atoms with Gasteiger partial charge >= 0.3 is 0 Å². The number of pyridine rings is 1. The first-order chi connectivity index (χ1) is 13.2. The topological polar surface area (TPSA) is 66.0 Å². The fourth-order valence-electron chi connectivity index (χ4n) is 3.17. The van der Waals surface area contributed by atoms with Crippen LogP contribution in [0.1, 0.15) is 11.1 Å². The monoisotopic (exact) mass is 380 g/mol. The second-order valence-electron chi connectivity index (χ2n) is 6.46. The smallest absolute Gasteiger partial charge is 0.226 e. The van der Waals surface area contributed by atoms with Crippen LogP contribution in [0.4, 0.5) is 11.6 Å². The van der Waals surface area contributed by atoms with Gasteiger partial charge in [-0.05, 0) is 48.5 Å². The molecule has 2 aromatic heterocycles. The average Bonchev–Trinajstić information content (AvgIpc) is 3.12. The second kappa shape index (κ2) is 7.90. The molecule has 4 rings (SSSR count). The Hall–Kier alpha value is -2.70. The van der Waals surface area contributed by atoms with E-state index in [1.165, 1.54) is 11.1 Å². The number of hydrogen-bond donors (Lipinski definition) is 2. The molecule has 27 heavy (non-hydrogen) atoms. The van der Waals surface area contributed by atoms with Crippen LogP contribution in [0, 0.1) is 0 Å². The highest BCUT2D eigenvalue weighted by atomic mass is 35.5. The van der Waals surface area contributed by atoms with Crippen molar-refractivity contribution in [3.05, 3.63) is 64.9 Å². The molecule has 7 heteroatoms. The predicted molar refractivity (Wildman–Crippen MR) is 109 cm³/mol. The van der Waals surface area contributed by atoms with Crippen molar-refractivity contribution in [3.63, 3.8) is 0 Å². The van der Waals surface area contributed by atoms with Gasteiger partial charge in [0.2, 0.25) is 5.95 Å². The van der Waals surface area contributed by atoms with E-state index in [-0.39, 0.29) is 0 Å². The Morgan fingerprint density at radius 1 is 1.00 bits per heavy atom. The van der Waals surface area contributed by atoms with E-state index in [1.54, 1.807) is 12.3 Å². The molecule has 6 nitrogen and oxygen atoms in total. The molecule has 1 aliphatic rings. The summed E-state index contributed by atoms with van der Waals surface area (Å²) in [6.45, 7) is 3.43. The van der Waals surface area contributed by atoms with Crippen LogP contribution in [0.3, 0.4) is 0 Å². The molecule has 0 atom stereocenters. The summed E-state index contributed by atoms with van der Waals surface area (Å²) in [5.74, 6) is 0.704. The van der Waals surface area contributed by atoms with E-state index >= 15 is 0 Å². The van der Waals surface area contributed by atoms with Crippen molar-refractivity contribution in [1.82, 2.24) is 20.3 Å². The SMILES string of the molecule is CNCCNc1ccc2c(c1)CN(c1nccc(-c3cccc(Cl)n3)n1)C2. The number of aromatic nitrogens is 3. The molecule has 0 saturated heterocycles. The van der Waals surface area contributed by atoms with Crippen LogP contribution in [0.5, 0.6) is 0 Å². The minimum Gasteiger partial charge on any atom is -0.384 e. The lowest BCUT2D eigenvalue weighted by atomic mass is 10.1. The number of fused-ring (bicyclic) bond motifs is 1. The third-order valence-electron chi connectivity index (χ3n) is 4.54. The van der Waals surface area contributed by atoms with Crippen molar-refractivity contribution < 1.29 is 0 Å². The number of anilines is 2. The van der Waals surface area contributed by atoms with Crippen molar-refractivity contribution in [3.8, 4) is 11.4 Å². The number of likely N-dealkylation sites (N-methyl/N-ethyl adjacent to an activating group) is 1. The van der Waals surface area contributed by atoms with Gasteiger partial charge in [-0.1, -0.05) is 23.7 Å². The van der Waals surface area contributed by atoms with Crippen molar-refractivity contribution in [2.24, 2.45) is 0 Å². The Balaban J connectivity index is 1.52. The summed E-state index contributed by atoms with van der Waals surface area (Å²) in [5.41, 5.74) is 5.28. The van der Waals surface area contributed by atoms with E-state index in [0.29, 0.717) is 11.1 Å². The lowest BCUT2D eigenvalue weighted by molar-refractivity contribution is 0.823. The molecule has 0 amide bonds. The van der Waals surface area contributed by atoms with E-state index in [0.717, 1.165) is 43.3 Å². The molecule has 0 spiro atoms. The zero-order valence-corrected chi connectivity index (χ0v) is 15.9. The van der Waals surface area contributed by atoms with Gasteiger partial charge < -0.3 is 15.5 Å². The van der Waals surface area contributed by atoms with E-state index in [2.05, 4.69) is 43.7 Å². The molecule has 1 aromatic carbocycles. The van der Waals surface area contributed by atoms with Gasteiger partial charge in [0.25, 0.3) is 0 Å². The molecule has 0 radical (unpaired) electrons. The summed E-state index contributed by atoms with van der Waals surface area (Å²) in [6, 6.07) is 13.9. The van der Waals surface area contributed by atoms with Crippen LogP contribution in [-0.4, -0.2) is 35.1 Å². The van der Waals surface area contributed by atoms with Crippen LogP contribution in [0.2, 0.25) is 5.15 Å². The number of benzene rings is 1. The molecule has 138 valence electrons. The summed E-state index contributed by atoms with van der Waals surface area (Å²) in [5, 5.41) is 7.03. The highest BCUT2D eigenvalue weighted by molar-refractivity contribution is 6.29. The van der Waals surface area contributed by atoms with E-state index < -0.39 is 0 Å². The number of halogens is 1. The van der Waals surface area contributed by atoms with Gasteiger partial charge in [-0.2, -0.15) is 0 Å². The maximum absolute atomic E-state index is 6.01. The third-order valence-corrected chi connectivity index (χ3v) is 4.75. The van der Waals surface area contributed by atoms with Crippen molar-refractivity contribution in [2.75, 3.05) is 30.4 Å². The molecule has 0 unspecified atom stereocenters. The van der Waals surface area contributed by atoms with E-state index in [1.807, 2.05) is 25.2 Å². The van der Waals surface area contributed by atoms with Gasteiger partial charge in [-0.3, -0.25) is 0 Å². The molecular weight excluding hydrogens is 360 g/mol. The lowest BCUT2D eigenvalue weighted by Crippen LogP contribution is -2.18. The van der Waals surface area contributed by atoms with Crippen LogP contribution >= 0.6 is 11.6 Å². The van der Waals surface area contributed by atoms with Crippen molar-refractivity contribution in [1.29, 1.82) is 0 Å². The average molecular weight is 381 g/mol. The predicted octanol–water partition coefficient (Wildman–Crippen LogP) is 3.34. The third kappa shape index (κ3) is 4.02. The lowest BCUT2D eigenvalue weighted by Gasteiger charge is -2.15. The highest BCUT2D eigenvalue weighted by Gasteiger charge is 2.22. The van der Waals surface area contributed by atoms with Crippen molar-refractivity contribution >= 4 is 23.2 Å². The largest absolute Gasteiger partial charge is 0.384 e. The standard InChI is InChI=1S/C20H21ClN6/c1-22-9-10-23-16-6-5-14-12-27(13-15(14)11-16)20-24-8-7-18(26-20)17-3-2-4-19(21)25-17/h2-8,11,22-23H,9-10,12-13H2,1H3. The van der Waals surface area contributed by atoms with Gasteiger partial charge in [-0.15, -0.1) is 0 Å². The van der Waals surface area contributed by atoms with Gasteiger partial charge in [0.05, 0.1) is 11.4 Å². The summed E-state index contributed by atoms with van der Waals surface area (Å²) in [6.07, 6.45) is 1.77. The summed E-state index contributed by atoms with van der Waals surface area (Å²) < 4.78 is 0. The summed E-state index contributed by atoms with van der Waals surface area (Å²) >= 11 is 6.01. The highest BCUT2D eigenvalue weighted by Crippen LogP contribution is 2.29. The molecule has 0 fully saturated rings. The fourth-order valence-corrected chi connectivity index (χ4v) is 3.34. The van der Waals surface area contributed by atoms with Crippen LogP contribution in [0.15, 0.2) is 48.7 Å². The minimum atomic E-state index is 0.458. The maximum atomic E-state index is 6.01. The van der Waals surface area contributed by atoms with E-state index in [9.17, 15) is 0 Å². The second-order valence-corrected chi connectivity index (χ2v) is 6.84. The molecule has 1 aliphatic heterocycles. The Bertz CT molecular complexity index is 945. The fraction of sp³-hybridized carbons (Fsp3) is 0.250. The van der Waals surface area contributed by atoms with E-state index in [4.69, 9.17) is 16.6 Å². The van der Waals surface area contributed by atoms with Crippen LogP contribution in [0.25, 0.3) is 11.4 Å². The Kier molecular flexibility index (Phi) is 5.18. The van der Waals surface area contributed by atoms with Gasteiger partial charge in [0, 0.05) is 38.1 Å². The zero-order chi connectivity index (χ0) is 18.6. The Morgan fingerprint density at radius 2 is 1.85 bits per heavy atom. The van der Waals surface area contributed by atoms with Crippen LogP contribution < -0.4 is 15.5 Å². The molecule has 2 N–H and O–H groups in total. The maximum Gasteiger partial charge on any atom is 0.226 e. The van der Waals surface area contributed by atoms with Gasteiger partial charge in [0.1, 0.15) is 5.15 Å². The van der Waals surface area contributed by atoms with Gasteiger partial charge in [0.15, 0.2) is 0 Å². The first-order valence-corrected chi connectivity index (χ1v) is 9.32. The van der Waals surface area contributed by atoms with Crippen molar-refractivity contribution in [2.45, 2.75) is 13.1 Å². The Morgan fingerprint density at radius 3 is 2.70 bits per heavy atom. The molecule has 0 saturated carbocycles. The number of hydrogen-bond acceptors (Lipinski definition) is 6. The molecule has 3 heterocycles. The van der Waals surface area contributed by atoms with Gasteiger partial charge in [-0.25, -0.2) is 15.0 Å². The zero-order valence-electron chi connectivity index (χ0n) is 15.1. The van der Waals surface area contributed by atoms with Crippen LogP contribution in [-0.2, 0) is 13.1 Å². The molecule has 3 aromatic rings. The summed E-state index contributed by atoms with van der Waals surface area (Å²) in [7, 11) is 1.95. The number of rotatable bonds is 6.